The third kappa shape index (κ3) is 4.44. The highest BCUT2D eigenvalue weighted by Gasteiger charge is 2.31. The van der Waals surface area contributed by atoms with Gasteiger partial charge in [0, 0.05) is 5.92 Å². The van der Waals surface area contributed by atoms with Gasteiger partial charge < -0.3 is 5.73 Å². The summed E-state index contributed by atoms with van der Waals surface area (Å²) in [6.45, 7) is 7.41. The highest BCUT2D eigenvalue weighted by Crippen LogP contribution is 2.23. The molecule has 5 heteroatoms. The third-order valence-corrected chi connectivity index (χ3v) is 2.44. The molecule has 5 nitrogen and oxygen atoms in total. The quantitative estimate of drug-likeness (QED) is 0.342. The second kappa shape index (κ2) is 7.00. The second-order valence-electron chi connectivity index (χ2n) is 4.25. The van der Waals surface area contributed by atoms with Crippen molar-refractivity contribution in [2.45, 2.75) is 26.7 Å². The Hall–Kier alpha value is -1.36. The number of hydrogen-bond acceptors (Lipinski definition) is 3. The lowest BCUT2D eigenvalue weighted by Gasteiger charge is -2.23. The number of hydroxylamine groups is 1. The SMILES string of the molecule is C=CCC(C(=O)NO)C(CC(C)C)C(N)=O. The molecule has 2 unspecified atom stereocenters. The van der Waals surface area contributed by atoms with E-state index in [2.05, 4.69) is 6.58 Å². The van der Waals surface area contributed by atoms with E-state index in [1.807, 2.05) is 13.8 Å². The van der Waals surface area contributed by atoms with Crippen LogP contribution in [0, 0.1) is 17.8 Å². The second-order valence-corrected chi connectivity index (χ2v) is 4.25. The predicted octanol–water partition coefficient (Wildman–Crippen LogP) is 0.832. The van der Waals surface area contributed by atoms with Crippen molar-refractivity contribution in [1.82, 2.24) is 5.48 Å². The Kier molecular flexibility index (Phi) is 6.41. The molecular formula is C11H20N2O3. The van der Waals surface area contributed by atoms with Crippen molar-refractivity contribution >= 4 is 11.8 Å². The number of nitrogens with one attached hydrogen (secondary N) is 1. The highest BCUT2D eigenvalue weighted by molar-refractivity contribution is 5.86. The van der Waals surface area contributed by atoms with Crippen molar-refractivity contribution in [3.8, 4) is 0 Å². The number of amides is 2. The monoisotopic (exact) mass is 228 g/mol. The van der Waals surface area contributed by atoms with Crippen molar-refractivity contribution in [3.63, 3.8) is 0 Å². The van der Waals surface area contributed by atoms with E-state index in [-0.39, 0.29) is 5.92 Å². The Morgan fingerprint density at radius 1 is 1.44 bits per heavy atom. The zero-order valence-corrected chi connectivity index (χ0v) is 9.77. The van der Waals surface area contributed by atoms with Crippen LogP contribution < -0.4 is 11.2 Å². The molecule has 92 valence electrons. The molecular weight excluding hydrogens is 208 g/mol. The molecule has 0 fully saturated rings. The largest absolute Gasteiger partial charge is 0.369 e. The van der Waals surface area contributed by atoms with E-state index in [4.69, 9.17) is 10.9 Å². The van der Waals surface area contributed by atoms with Crippen LogP contribution in [-0.4, -0.2) is 17.0 Å². The number of allylic oxidation sites excluding steroid dienone is 1. The number of rotatable bonds is 7. The maximum Gasteiger partial charge on any atom is 0.247 e. The summed E-state index contributed by atoms with van der Waals surface area (Å²) < 4.78 is 0. The summed E-state index contributed by atoms with van der Waals surface area (Å²) in [5.41, 5.74) is 6.84. The van der Waals surface area contributed by atoms with Crippen LogP contribution in [0.1, 0.15) is 26.7 Å². The van der Waals surface area contributed by atoms with Crippen molar-refractivity contribution in [2.75, 3.05) is 0 Å². The van der Waals surface area contributed by atoms with Crippen molar-refractivity contribution in [3.05, 3.63) is 12.7 Å². The summed E-state index contributed by atoms with van der Waals surface area (Å²) >= 11 is 0. The van der Waals surface area contributed by atoms with Crippen molar-refractivity contribution < 1.29 is 14.8 Å². The lowest BCUT2D eigenvalue weighted by Crippen LogP contribution is -2.39. The zero-order chi connectivity index (χ0) is 12.7. The van der Waals surface area contributed by atoms with Gasteiger partial charge in [-0.1, -0.05) is 19.9 Å². The van der Waals surface area contributed by atoms with Crippen LogP contribution >= 0.6 is 0 Å². The molecule has 4 N–H and O–H groups in total. The summed E-state index contributed by atoms with van der Waals surface area (Å²) in [6.07, 6.45) is 2.37. The molecule has 16 heavy (non-hydrogen) atoms. The molecule has 0 heterocycles. The molecule has 0 saturated carbocycles. The number of hydrogen-bond donors (Lipinski definition) is 3. The van der Waals surface area contributed by atoms with Gasteiger partial charge in [0.05, 0.1) is 5.92 Å². The Morgan fingerprint density at radius 3 is 2.31 bits per heavy atom. The molecule has 2 atom stereocenters. The molecule has 0 radical (unpaired) electrons. The van der Waals surface area contributed by atoms with Gasteiger partial charge in [0.2, 0.25) is 11.8 Å². The first-order chi connectivity index (χ1) is 7.43. The molecule has 0 aliphatic carbocycles. The zero-order valence-electron chi connectivity index (χ0n) is 9.77. The third-order valence-electron chi connectivity index (χ3n) is 2.44. The number of primary amides is 1. The van der Waals surface area contributed by atoms with Gasteiger partial charge in [-0.25, -0.2) is 5.48 Å². The number of nitrogens with two attached hydrogens (primary N) is 1. The smallest absolute Gasteiger partial charge is 0.247 e. The number of carbonyl (C=O) groups excluding carboxylic acids is 2. The van der Waals surface area contributed by atoms with Crippen molar-refractivity contribution in [2.24, 2.45) is 23.5 Å². The van der Waals surface area contributed by atoms with Crippen molar-refractivity contribution in [1.29, 1.82) is 0 Å². The minimum absolute atomic E-state index is 0.247. The van der Waals surface area contributed by atoms with E-state index < -0.39 is 23.7 Å². The lowest BCUT2D eigenvalue weighted by atomic mass is 9.82. The molecule has 0 aromatic carbocycles. The molecule has 0 aliphatic rings. The average molecular weight is 228 g/mol. The van der Waals surface area contributed by atoms with Gasteiger partial charge in [0.25, 0.3) is 0 Å². The van der Waals surface area contributed by atoms with Gasteiger partial charge in [-0.05, 0) is 18.8 Å². The predicted molar refractivity (Wildman–Crippen MR) is 60.4 cm³/mol. The molecule has 0 aromatic heterocycles. The van der Waals surface area contributed by atoms with Crippen LogP contribution in [0.25, 0.3) is 0 Å². The van der Waals surface area contributed by atoms with Crippen LogP contribution in [0.5, 0.6) is 0 Å². The lowest BCUT2D eigenvalue weighted by molar-refractivity contribution is -0.139. The number of carbonyl (C=O) groups is 2. The molecule has 0 aliphatic heterocycles. The van der Waals surface area contributed by atoms with E-state index in [1.165, 1.54) is 6.08 Å². The van der Waals surface area contributed by atoms with E-state index in [0.29, 0.717) is 12.8 Å². The Balaban J connectivity index is 4.85. The molecule has 0 bridgehead atoms. The van der Waals surface area contributed by atoms with Crippen LogP contribution in [0.4, 0.5) is 0 Å². The normalized spacial score (nSPS) is 14.2. The fraction of sp³-hybridized carbons (Fsp3) is 0.636. The maximum absolute atomic E-state index is 11.4. The molecule has 2 amide bonds. The van der Waals surface area contributed by atoms with E-state index in [9.17, 15) is 9.59 Å². The van der Waals surface area contributed by atoms with E-state index in [0.717, 1.165) is 0 Å². The Labute approximate surface area is 95.7 Å². The van der Waals surface area contributed by atoms with Crippen LogP contribution in [0.2, 0.25) is 0 Å². The fourth-order valence-corrected chi connectivity index (χ4v) is 1.70. The summed E-state index contributed by atoms with van der Waals surface area (Å²) in [5.74, 6) is -2.10. The topological polar surface area (TPSA) is 92.4 Å². The molecule has 0 saturated heterocycles. The first kappa shape index (κ1) is 14.6. The Morgan fingerprint density at radius 2 is 2.00 bits per heavy atom. The summed E-state index contributed by atoms with van der Waals surface area (Å²) in [6, 6.07) is 0. The van der Waals surface area contributed by atoms with Gasteiger partial charge in [0.15, 0.2) is 0 Å². The summed E-state index contributed by atoms with van der Waals surface area (Å²) in [4.78, 5) is 22.7. The molecule has 0 spiro atoms. The van der Waals surface area contributed by atoms with E-state index in [1.54, 1.807) is 5.48 Å². The molecule has 0 aromatic rings. The molecule has 0 rings (SSSR count). The van der Waals surface area contributed by atoms with Crippen LogP contribution in [-0.2, 0) is 9.59 Å². The van der Waals surface area contributed by atoms with Gasteiger partial charge in [-0.2, -0.15) is 0 Å². The minimum Gasteiger partial charge on any atom is -0.369 e. The van der Waals surface area contributed by atoms with Crippen LogP contribution in [0.3, 0.4) is 0 Å². The summed E-state index contributed by atoms with van der Waals surface area (Å²) in [7, 11) is 0. The van der Waals surface area contributed by atoms with E-state index >= 15 is 0 Å². The first-order valence-electron chi connectivity index (χ1n) is 5.28. The standard InChI is InChI=1S/C11H20N2O3/c1-4-5-8(11(15)13-16)9(10(12)14)6-7(2)3/h4,7-9,16H,1,5-6H2,2-3H3,(H2,12,14)(H,13,15). The maximum atomic E-state index is 11.4. The van der Waals surface area contributed by atoms with Gasteiger partial charge >= 0.3 is 0 Å². The van der Waals surface area contributed by atoms with Gasteiger partial charge in [-0.3, -0.25) is 14.8 Å². The van der Waals surface area contributed by atoms with Crippen LogP contribution in [0.15, 0.2) is 12.7 Å². The van der Waals surface area contributed by atoms with Gasteiger partial charge in [-0.15, -0.1) is 6.58 Å². The highest BCUT2D eigenvalue weighted by atomic mass is 16.5. The minimum atomic E-state index is -0.651. The Bertz CT molecular complexity index is 264. The van der Waals surface area contributed by atoms with Gasteiger partial charge in [0.1, 0.15) is 0 Å². The summed E-state index contributed by atoms with van der Waals surface area (Å²) in [5, 5.41) is 8.61. The first-order valence-corrected chi connectivity index (χ1v) is 5.28. The fourth-order valence-electron chi connectivity index (χ4n) is 1.70. The average Bonchev–Trinajstić information content (AvgIpc) is 2.21.